The van der Waals surface area contributed by atoms with Gasteiger partial charge < -0.3 is 4.74 Å². The standard InChI is InChI=1S/C16H17NO5/c1-22-13-6-2-11(3-7-13)4-8-15(18)14-10-12(17(20)21)5-9-16(14)19/h2-4,6-8,12,14H,5,9-10H2,1H3. The van der Waals surface area contributed by atoms with E-state index < -0.39 is 16.9 Å². The number of ether oxygens (including phenoxy) is 1. The smallest absolute Gasteiger partial charge is 0.214 e. The lowest BCUT2D eigenvalue weighted by Crippen LogP contribution is -2.36. The van der Waals surface area contributed by atoms with Crippen LogP contribution in [0, 0.1) is 16.0 Å². The predicted octanol–water partition coefficient (Wildman–Crippen LogP) is 2.29. The normalized spacial score (nSPS) is 21.8. The van der Waals surface area contributed by atoms with Crippen molar-refractivity contribution in [3.05, 3.63) is 46.0 Å². The molecule has 1 aliphatic carbocycles. The van der Waals surface area contributed by atoms with Gasteiger partial charge in [-0.05, 0) is 23.8 Å². The summed E-state index contributed by atoms with van der Waals surface area (Å²) >= 11 is 0. The average Bonchev–Trinajstić information content (AvgIpc) is 2.53. The predicted molar refractivity (Wildman–Crippen MR) is 80.2 cm³/mol. The van der Waals surface area contributed by atoms with Crippen molar-refractivity contribution in [2.75, 3.05) is 7.11 Å². The molecule has 0 N–H and O–H groups in total. The number of nitrogens with zero attached hydrogens (tertiary/aromatic N) is 1. The first kappa shape index (κ1) is 15.9. The van der Waals surface area contributed by atoms with Gasteiger partial charge in [0.2, 0.25) is 6.04 Å². The zero-order valence-corrected chi connectivity index (χ0v) is 12.2. The molecule has 1 saturated carbocycles. The van der Waals surface area contributed by atoms with E-state index >= 15 is 0 Å². The second kappa shape index (κ2) is 6.98. The highest BCUT2D eigenvalue weighted by Gasteiger charge is 2.37. The Labute approximate surface area is 127 Å². The van der Waals surface area contributed by atoms with Crippen LogP contribution in [-0.4, -0.2) is 29.6 Å². The molecule has 0 heterocycles. The van der Waals surface area contributed by atoms with Gasteiger partial charge in [-0.2, -0.15) is 0 Å². The third kappa shape index (κ3) is 3.78. The van der Waals surface area contributed by atoms with Crippen LogP contribution in [0.15, 0.2) is 30.3 Å². The molecule has 2 unspecified atom stereocenters. The molecule has 22 heavy (non-hydrogen) atoms. The zero-order valence-electron chi connectivity index (χ0n) is 12.2. The van der Waals surface area contributed by atoms with E-state index in [4.69, 9.17) is 4.74 Å². The Hall–Kier alpha value is -2.50. The highest BCUT2D eigenvalue weighted by atomic mass is 16.6. The molecule has 1 fully saturated rings. The maximum absolute atomic E-state index is 12.1. The first-order chi connectivity index (χ1) is 10.5. The fourth-order valence-electron chi connectivity index (χ4n) is 2.48. The van der Waals surface area contributed by atoms with Gasteiger partial charge in [0, 0.05) is 24.2 Å². The van der Waals surface area contributed by atoms with Crippen LogP contribution in [0.4, 0.5) is 0 Å². The third-order valence-electron chi connectivity index (χ3n) is 3.82. The number of ketones is 2. The fourth-order valence-corrected chi connectivity index (χ4v) is 2.48. The number of methoxy groups -OCH3 is 1. The van der Waals surface area contributed by atoms with Gasteiger partial charge in [-0.15, -0.1) is 0 Å². The second-order valence-electron chi connectivity index (χ2n) is 5.24. The monoisotopic (exact) mass is 303 g/mol. The molecule has 0 saturated heterocycles. The molecule has 0 spiro atoms. The van der Waals surface area contributed by atoms with E-state index in [0.29, 0.717) is 5.75 Å². The van der Waals surface area contributed by atoms with Crippen molar-refractivity contribution < 1.29 is 19.2 Å². The maximum atomic E-state index is 12.1. The molecule has 0 aromatic heterocycles. The Morgan fingerprint density at radius 3 is 2.64 bits per heavy atom. The lowest BCUT2D eigenvalue weighted by atomic mass is 9.82. The lowest BCUT2D eigenvalue weighted by Gasteiger charge is -2.20. The molecule has 0 bridgehead atoms. The van der Waals surface area contributed by atoms with Crippen LogP contribution in [-0.2, 0) is 9.59 Å². The van der Waals surface area contributed by atoms with E-state index in [1.54, 1.807) is 37.5 Å². The highest BCUT2D eigenvalue weighted by molar-refractivity contribution is 6.09. The molecule has 1 aliphatic rings. The number of carbonyl (C=O) groups excluding carboxylic acids is 2. The Morgan fingerprint density at radius 2 is 2.05 bits per heavy atom. The number of allylic oxidation sites excluding steroid dienone is 1. The van der Waals surface area contributed by atoms with Gasteiger partial charge in [0.05, 0.1) is 13.0 Å². The van der Waals surface area contributed by atoms with Crippen LogP contribution in [0.3, 0.4) is 0 Å². The van der Waals surface area contributed by atoms with E-state index in [-0.39, 0.29) is 30.8 Å². The molecule has 1 aromatic carbocycles. The summed E-state index contributed by atoms with van der Waals surface area (Å²) in [4.78, 5) is 34.3. The average molecular weight is 303 g/mol. The van der Waals surface area contributed by atoms with E-state index in [2.05, 4.69) is 0 Å². The summed E-state index contributed by atoms with van der Waals surface area (Å²) in [5, 5.41) is 10.8. The van der Waals surface area contributed by atoms with Crippen molar-refractivity contribution in [2.24, 2.45) is 5.92 Å². The quantitative estimate of drug-likeness (QED) is 0.360. The topological polar surface area (TPSA) is 86.5 Å². The zero-order chi connectivity index (χ0) is 16.1. The van der Waals surface area contributed by atoms with Crippen LogP contribution in [0.25, 0.3) is 6.08 Å². The SMILES string of the molecule is COc1ccc(C=CC(=O)C2CC([N+](=O)[O-])CCC2=O)cc1. The van der Waals surface area contributed by atoms with Crippen LogP contribution in [0.1, 0.15) is 24.8 Å². The molecule has 1 aromatic rings. The Bertz CT molecular complexity index is 605. The summed E-state index contributed by atoms with van der Waals surface area (Å²) in [6, 6.07) is 6.29. The summed E-state index contributed by atoms with van der Waals surface area (Å²) in [5.74, 6) is -0.756. The molecule has 6 nitrogen and oxygen atoms in total. The van der Waals surface area contributed by atoms with E-state index in [1.165, 1.54) is 6.08 Å². The van der Waals surface area contributed by atoms with Crippen LogP contribution in [0.2, 0.25) is 0 Å². The Balaban J connectivity index is 2.04. The number of Topliss-reactive ketones (excluding diaryl/α,β-unsaturated/α-hetero) is 1. The minimum atomic E-state index is -0.890. The first-order valence-electron chi connectivity index (χ1n) is 7.03. The minimum Gasteiger partial charge on any atom is -0.497 e. The van der Waals surface area contributed by atoms with Gasteiger partial charge in [-0.3, -0.25) is 19.7 Å². The molecular weight excluding hydrogens is 286 g/mol. The molecule has 0 amide bonds. The van der Waals surface area contributed by atoms with Gasteiger partial charge >= 0.3 is 0 Å². The van der Waals surface area contributed by atoms with E-state index in [9.17, 15) is 19.7 Å². The molecular formula is C16H17NO5. The molecule has 116 valence electrons. The van der Waals surface area contributed by atoms with Crippen molar-refractivity contribution >= 4 is 17.6 Å². The van der Waals surface area contributed by atoms with Gasteiger partial charge in [0.25, 0.3) is 0 Å². The van der Waals surface area contributed by atoms with Crippen LogP contribution < -0.4 is 4.74 Å². The van der Waals surface area contributed by atoms with Crippen molar-refractivity contribution in [1.82, 2.24) is 0 Å². The number of hydrogen-bond acceptors (Lipinski definition) is 5. The summed E-state index contributed by atoms with van der Waals surface area (Å²) in [6.45, 7) is 0. The maximum Gasteiger partial charge on any atom is 0.214 e. The first-order valence-corrected chi connectivity index (χ1v) is 7.03. The van der Waals surface area contributed by atoms with Gasteiger partial charge in [-0.1, -0.05) is 18.2 Å². The molecule has 2 atom stereocenters. The molecule has 0 radical (unpaired) electrons. The summed E-state index contributed by atoms with van der Waals surface area (Å²) < 4.78 is 5.04. The van der Waals surface area contributed by atoms with E-state index in [1.807, 2.05) is 0 Å². The largest absolute Gasteiger partial charge is 0.497 e. The molecule has 6 heteroatoms. The second-order valence-corrected chi connectivity index (χ2v) is 5.24. The highest BCUT2D eigenvalue weighted by Crippen LogP contribution is 2.24. The lowest BCUT2D eigenvalue weighted by molar-refractivity contribution is -0.525. The number of carbonyl (C=O) groups is 2. The third-order valence-corrected chi connectivity index (χ3v) is 3.82. The van der Waals surface area contributed by atoms with Gasteiger partial charge in [0.1, 0.15) is 11.5 Å². The number of rotatable bonds is 5. The van der Waals surface area contributed by atoms with Crippen LogP contribution >= 0.6 is 0 Å². The number of hydrogen-bond donors (Lipinski definition) is 0. The Kier molecular flexibility index (Phi) is 5.04. The molecule has 0 aliphatic heterocycles. The number of nitro groups is 1. The van der Waals surface area contributed by atoms with Gasteiger partial charge in [-0.25, -0.2) is 0 Å². The number of benzene rings is 1. The fraction of sp³-hybridized carbons (Fsp3) is 0.375. The van der Waals surface area contributed by atoms with E-state index in [0.717, 1.165) is 5.56 Å². The summed E-state index contributed by atoms with van der Waals surface area (Å²) in [5.41, 5.74) is 0.795. The van der Waals surface area contributed by atoms with Crippen molar-refractivity contribution in [3.8, 4) is 5.75 Å². The minimum absolute atomic E-state index is 0.00236. The van der Waals surface area contributed by atoms with Crippen molar-refractivity contribution in [3.63, 3.8) is 0 Å². The van der Waals surface area contributed by atoms with Crippen LogP contribution in [0.5, 0.6) is 5.75 Å². The Morgan fingerprint density at radius 1 is 1.36 bits per heavy atom. The van der Waals surface area contributed by atoms with Gasteiger partial charge in [0.15, 0.2) is 5.78 Å². The summed E-state index contributed by atoms with van der Waals surface area (Å²) in [6.07, 6.45) is 3.24. The van der Waals surface area contributed by atoms with Crippen molar-refractivity contribution in [1.29, 1.82) is 0 Å². The summed E-state index contributed by atoms with van der Waals surface area (Å²) in [7, 11) is 1.56. The van der Waals surface area contributed by atoms with Crippen molar-refractivity contribution in [2.45, 2.75) is 25.3 Å². The molecule has 2 rings (SSSR count).